The maximum absolute atomic E-state index is 14.6. The zero-order valence-corrected chi connectivity index (χ0v) is 21.1. The van der Waals surface area contributed by atoms with E-state index in [9.17, 15) is 14.4 Å². The van der Waals surface area contributed by atoms with Crippen molar-refractivity contribution in [2.45, 2.75) is 25.9 Å². The van der Waals surface area contributed by atoms with Gasteiger partial charge in [0, 0.05) is 17.1 Å². The molecule has 6 rings (SSSR count). The van der Waals surface area contributed by atoms with Gasteiger partial charge in [-0.3, -0.25) is 14.4 Å². The number of anilines is 1. The summed E-state index contributed by atoms with van der Waals surface area (Å²) in [6, 6.07) is 18.1. The molecule has 1 atom stereocenters. The molecule has 0 aliphatic carbocycles. The van der Waals surface area contributed by atoms with Gasteiger partial charge in [-0.1, -0.05) is 48.0 Å². The molecule has 2 amide bonds. The summed E-state index contributed by atoms with van der Waals surface area (Å²) in [6.45, 7) is 7.95. The quantitative estimate of drug-likeness (QED) is 0.340. The molecule has 2 aliphatic heterocycles. The van der Waals surface area contributed by atoms with Gasteiger partial charge < -0.3 is 14.2 Å². The first-order chi connectivity index (χ1) is 17.8. The lowest BCUT2D eigenvalue weighted by Crippen LogP contribution is -2.53. The average Bonchev–Trinajstić information content (AvgIpc) is 3.27. The summed E-state index contributed by atoms with van der Waals surface area (Å²) in [7, 11) is 0. The SMILES string of the molecule is C=CCN1C(=O)c2oc3cc(C)c(C)cc3c(=O)c2C12C(=O)N(Cc1ccc(Cl)cc1)c1ccccc12. The van der Waals surface area contributed by atoms with E-state index in [4.69, 9.17) is 16.0 Å². The van der Waals surface area contributed by atoms with E-state index in [1.165, 1.54) is 4.90 Å². The molecule has 0 saturated carbocycles. The molecular weight excluding hydrogens is 488 g/mol. The molecule has 0 bridgehead atoms. The van der Waals surface area contributed by atoms with Crippen LogP contribution in [0.5, 0.6) is 0 Å². The van der Waals surface area contributed by atoms with Crippen LogP contribution in [0.3, 0.4) is 0 Å². The minimum absolute atomic E-state index is 0.0612. The van der Waals surface area contributed by atoms with Crippen LogP contribution < -0.4 is 10.3 Å². The van der Waals surface area contributed by atoms with Gasteiger partial charge in [-0.25, -0.2) is 0 Å². The van der Waals surface area contributed by atoms with Gasteiger partial charge in [0.2, 0.25) is 5.76 Å². The lowest BCUT2D eigenvalue weighted by atomic mass is 9.84. The second-order valence-corrected chi connectivity index (χ2v) is 9.95. The monoisotopic (exact) mass is 510 g/mol. The summed E-state index contributed by atoms with van der Waals surface area (Å²) in [4.78, 5) is 45.6. The highest BCUT2D eigenvalue weighted by Crippen LogP contribution is 2.52. The van der Waals surface area contributed by atoms with Crippen molar-refractivity contribution in [3.8, 4) is 0 Å². The standard InChI is InChI=1S/C30H23ClN2O4/c1-4-13-33-28(35)27-25(26(34)21-14-17(2)18(3)15-24(21)37-27)30(33)22-7-5-6-8-23(22)32(29(30)36)16-19-9-11-20(31)12-10-19/h4-12,14-15H,1,13,16H2,2-3H3. The van der Waals surface area contributed by atoms with Crippen LogP contribution in [0.25, 0.3) is 11.0 Å². The molecule has 3 heterocycles. The number of aryl methyl sites for hydroxylation is 2. The highest BCUT2D eigenvalue weighted by molar-refractivity contribution is 6.30. The summed E-state index contributed by atoms with van der Waals surface area (Å²) < 4.78 is 6.12. The summed E-state index contributed by atoms with van der Waals surface area (Å²) in [5.74, 6) is -0.990. The highest BCUT2D eigenvalue weighted by atomic mass is 35.5. The summed E-state index contributed by atoms with van der Waals surface area (Å²) in [5, 5.41) is 0.937. The van der Waals surface area contributed by atoms with Gasteiger partial charge in [-0.2, -0.15) is 0 Å². The Kier molecular flexibility index (Phi) is 5.14. The van der Waals surface area contributed by atoms with Crippen molar-refractivity contribution in [1.29, 1.82) is 0 Å². The van der Waals surface area contributed by atoms with E-state index in [0.717, 1.165) is 16.7 Å². The highest BCUT2D eigenvalue weighted by Gasteiger charge is 2.64. The molecule has 7 heteroatoms. The Balaban J connectivity index is 1.66. The number of nitrogens with zero attached hydrogens (tertiary/aromatic N) is 2. The molecular formula is C30H23ClN2O4. The number of carbonyl (C=O) groups excluding carboxylic acids is 2. The summed E-state index contributed by atoms with van der Waals surface area (Å²) in [6.07, 6.45) is 1.56. The predicted molar refractivity (Wildman–Crippen MR) is 143 cm³/mol. The van der Waals surface area contributed by atoms with Crippen molar-refractivity contribution in [2.75, 3.05) is 11.4 Å². The van der Waals surface area contributed by atoms with Gasteiger partial charge in [-0.05, 0) is 60.9 Å². The number of para-hydroxylation sites is 1. The molecule has 0 saturated heterocycles. The second kappa shape index (κ2) is 8.18. The molecule has 1 unspecified atom stereocenters. The number of carbonyl (C=O) groups is 2. The molecule has 0 N–H and O–H groups in total. The third-order valence-electron chi connectivity index (χ3n) is 7.42. The lowest BCUT2D eigenvalue weighted by Gasteiger charge is -2.33. The number of fused-ring (bicyclic) bond motifs is 5. The summed E-state index contributed by atoms with van der Waals surface area (Å²) >= 11 is 6.07. The van der Waals surface area contributed by atoms with Crippen LogP contribution in [0.2, 0.25) is 5.02 Å². The van der Waals surface area contributed by atoms with Gasteiger partial charge in [0.05, 0.1) is 23.2 Å². The first kappa shape index (κ1) is 23.3. The molecule has 2 aliphatic rings. The Bertz CT molecular complexity index is 1710. The number of amides is 2. The Hall–Kier alpha value is -4.16. The number of halogens is 1. The van der Waals surface area contributed by atoms with Crippen LogP contribution in [0.15, 0.2) is 82.5 Å². The maximum atomic E-state index is 14.6. The van der Waals surface area contributed by atoms with Crippen molar-refractivity contribution in [3.63, 3.8) is 0 Å². The second-order valence-electron chi connectivity index (χ2n) is 9.52. The minimum atomic E-state index is -1.66. The Morgan fingerprint density at radius 2 is 1.70 bits per heavy atom. The van der Waals surface area contributed by atoms with E-state index >= 15 is 0 Å². The van der Waals surface area contributed by atoms with Crippen LogP contribution in [0.4, 0.5) is 5.69 Å². The first-order valence-electron chi connectivity index (χ1n) is 12.0. The molecule has 37 heavy (non-hydrogen) atoms. The Morgan fingerprint density at radius 1 is 1.00 bits per heavy atom. The van der Waals surface area contributed by atoms with Crippen molar-refractivity contribution in [3.05, 3.63) is 122 Å². The van der Waals surface area contributed by atoms with Crippen molar-refractivity contribution in [1.82, 2.24) is 4.90 Å². The molecule has 4 aromatic rings. The number of hydrogen-bond donors (Lipinski definition) is 0. The van der Waals surface area contributed by atoms with Crippen LogP contribution in [0, 0.1) is 13.8 Å². The van der Waals surface area contributed by atoms with Crippen molar-refractivity contribution >= 4 is 40.1 Å². The van der Waals surface area contributed by atoms with E-state index in [2.05, 4.69) is 6.58 Å². The third-order valence-corrected chi connectivity index (χ3v) is 7.67. The zero-order chi connectivity index (χ0) is 26.1. The summed E-state index contributed by atoms with van der Waals surface area (Å²) in [5.41, 5.74) is 2.28. The number of hydrogen-bond acceptors (Lipinski definition) is 4. The van der Waals surface area contributed by atoms with Crippen molar-refractivity contribution in [2.24, 2.45) is 0 Å². The molecule has 3 aromatic carbocycles. The van der Waals surface area contributed by atoms with Crippen molar-refractivity contribution < 1.29 is 14.0 Å². The largest absolute Gasteiger partial charge is 0.450 e. The topological polar surface area (TPSA) is 70.8 Å². The van der Waals surface area contributed by atoms with Crippen LogP contribution >= 0.6 is 11.6 Å². The predicted octanol–water partition coefficient (Wildman–Crippen LogP) is 5.50. The molecule has 1 aromatic heterocycles. The average molecular weight is 511 g/mol. The van der Waals surface area contributed by atoms with E-state index in [1.54, 1.807) is 41.3 Å². The Morgan fingerprint density at radius 3 is 2.43 bits per heavy atom. The van der Waals surface area contributed by atoms with Gasteiger partial charge in [0.25, 0.3) is 11.8 Å². The number of rotatable bonds is 4. The van der Waals surface area contributed by atoms with E-state index in [-0.39, 0.29) is 35.7 Å². The smallest absolute Gasteiger partial charge is 0.291 e. The Labute approximate surface area is 218 Å². The van der Waals surface area contributed by atoms with Crippen LogP contribution in [0.1, 0.15) is 38.4 Å². The maximum Gasteiger partial charge on any atom is 0.291 e. The van der Waals surface area contributed by atoms with E-state index in [1.807, 2.05) is 44.2 Å². The third kappa shape index (κ3) is 3.09. The fourth-order valence-corrected chi connectivity index (χ4v) is 5.68. The van der Waals surface area contributed by atoms with E-state index < -0.39 is 11.4 Å². The number of benzene rings is 3. The fraction of sp³-hybridized carbons (Fsp3) is 0.167. The normalized spacial score (nSPS) is 18.1. The van der Waals surface area contributed by atoms with Crippen LogP contribution in [-0.4, -0.2) is 23.3 Å². The van der Waals surface area contributed by atoms with Gasteiger partial charge >= 0.3 is 0 Å². The molecule has 1 spiro atoms. The molecule has 184 valence electrons. The lowest BCUT2D eigenvalue weighted by molar-refractivity contribution is -0.126. The molecule has 0 radical (unpaired) electrons. The zero-order valence-electron chi connectivity index (χ0n) is 20.4. The van der Waals surface area contributed by atoms with Crippen LogP contribution in [-0.2, 0) is 16.9 Å². The fourth-order valence-electron chi connectivity index (χ4n) is 5.56. The minimum Gasteiger partial charge on any atom is -0.450 e. The van der Waals surface area contributed by atoms with E-state index in [0.29, 0.717) is 27.2 Å². The molecule has 6 nitrogen and oxygen atoms in total. The van der Waals surface area contributed by atoms with Gasteiger partial charge in [-0.15, -0.1) is 6.58 Å². The molecule has 0 fully saturated rings. The van der Waals surface area contributed by atoms with Gasteiger partial charge in [0.1, 0.15) is 5.58 Å². The van der Waals surface area contributed by atoms with Gasteiger partial charge in [0.15, 0.2) is 11.0 Å². The first-order valence-corrected chi connectivity index (χ1v) is 12.3.